The van der Waals surface area contributed by atoms with Gasteiger partial charge in [0.1, 0.15) is 11.5 Å². The summed E-state index contributed by atoms with van der Waals surface area (Å²) in [6.45, 7) is 0.480. The average molecular weight is 397 g/mol. The van der Waals surface area contributed by atoms with Crippen molar-refractivity contribution in [3.05, 3.63) is 96.2 Å². The molecule has 0 fully saturated rings. The Morgan fingerprint density at radius 1 is 0.967 bits per heavy atom. The number of pyridine rings is 1. The first-order valence-electron chi connectivity index (χ1n) is 9.76. The van der Waals surface area contributed by atoms with E-state index in [1.165, 1.54) is 0 Å². The third-order valence-corrected chi connectivity index (χ3v) is 4.82. The number of ether oxygens (including phenoxy) is 1. The summed E-state index contributed by atoms with van der Waals surface area (Å²) in [7, 11) is 3.99. The summed E-state index contributed by atoms with van der Waals surface area (Å²) in [5.74, 6) is 1.17. The third kappa shape index (κ3) is 4.41. The fourth-order valence-corrected chi connectivity index (χ4v) is 3.19. The van der Waals surface area contributed by atoms with Crippen molar-refractivity contribution in [3.8, 4) is 11.5 Å². The van der Waals surface area contributed by atoms with Gasteiger partial charge in [-0.15, -0.1) is 0 Å². The van der Waals surface area contributed by atoms with Gasteiger partial charge in [-0.3, -0.25) is 9.78 Å². The zero-order chi connectivity index (χ0) is 20.9. The average Bonchev–Trinajstić information content (AvgIpc) is 2.78. The molecule has 5 heteroatoms. The van der Waals surface area contributed by atoms with Crippen LogP contribution in [0.5, 0.6) is 11.5 Å². The minimum atomic E-state index is -0.139. The van der Waals surface area contributed by atoms with Crippen molar-refractivity contribution >= 4 is 22.5 Å². The Bertz CT molecular complexity index is 1170. The lowest BCUT2D eigenvalue weighted by Crippen LogP contribution is -2.22. The summed E-state index contributed by atoms with van der Waals surface area (Å²) in [5, 5.41) is 3.86. The van der Waals surface area contributed by atoms with E-state index < -0.39 is 0 Å². The predicted octanol–water partition coefficient (Wildman–Crippen LogP) is 5.02. The highest BCUT2D eigenvalue weighted by atomic mass is 16.5. The number of fused-ring (bicyclic) bond motifs is 1. The van der Waals surface area contributed by atoms with Crippen molar-refractivity contribution in [2.45, 2.75) is 6.54 Å². The molecule has 1 N–H and O–H groups in total. The molecular weight excluding hydrogens is 374 g/mol. The number of carbonyl (C=O) groups is 1. The van der Waals surface area contributed by atoms with E-state index in [-0.39, 0.29) is 5.91 Å². The molecule has 0 spiro atoms. The molecule has 1 heterocycles. The molecule has 0 atom stereocenters. The van der Waals surface area contributed by atoms with E-state index in [2.05, 4.69) is 10.3 Å². The topological polar surface area (TPSA) is 54.5 Å². The van der Waals surface area contributed by atoms with Crippen LogP contribution >= 0.6 is 0 Å². The summed E-state index contributed by atoms with van der Waals surface area (Å²) in [6.07, 6.45) is 1.73. The van der Waals surface area contributed by atoms with Gasteiger partial charge in [0.25, 0.3) is 5.91 Å². The van der Waals surface area contributed by atoms with E-state index in [9.17, 15) is 4.79 Å². The second-order valence-electron chi connectivity index (χ2n) is 7.20. The highest BCUT2D eigenvalue weighted by Crippen LogP contribution is 2.31. The number of carbonyl (C=O) groups excluding carboxylic acids is 1. The lowest BCUT2D eigenvalue weighted by Gasteiger charge is -2.14. The van der Waals surface area contributed by atoms with E-state index in [1.54, 1.807) is 18.3 Å². The van der Waals surface area contributed by atoms with Gasteiger partial charge in [-0.25, -0.2) is 0 Å². The normalized spacial score (nSPS) is 10.6. The zero-order valence-electron chi connectivity index (χ0n) is 17.0. The van der Waals surface area contributed by atoms with Crippen molar-refractivity contribution in [3.63, 3.8) is 0 Å². The third-order valence-electron chi connectivity index (χ3n) is 4.82. The minimum absolute atomic E-state index is 0.139. The van der Waals surface area contributed by atoms with Crippen LogP contribution in [0, 0.1) is 0 Å². The molecule has 4 rings (SSSR count). The molecule has 30 heavy (non-hydrogen) atoms. The van der Waals surface area contributed by atoms with Crippen LogP contribution in [0.2, 0.25) is 0 Å². The van der Waals surface area contributed by atoms with Gasteiger partial charge in [0.05, 0.1) is 5.52 Å². The maximum Gasteiger partial charge on any atom is 0.251 e. The molecule has 0 aliphatic rings. The number of hydrogen-bond donors (Lipinski definition) is 1. The number of nitrogens with zero attached hydrogens (tertiary/aromatic N) is 2. The molecule has 0 aliphatic heterocycles. The fraction of sp³-hybridized carbons (Fsp3) is 0.120. The van der Waals surface area contributed by atoms with E-state index >= 15 is 0 Å². The summed E-state index contributed by atoms with van der Waals surface area (Å²) in [5.41, 5.74) is 3.54. The Morgan fingerprint density at radius 3 is 2.60 bits per heavy atom. The van der Waals surface area contributed by atoms with Crippen LogP contribution in [-0.4, -0.2) is 25.0 Å². The second-order valence-corrected chi connectivity index (χ2v) is 7.20. The van der Waals surface area contributed by atoms with Gasteiger partial charge < -0.3 is 15.0 Å². The molecule has 1 amide bonds. The number of aromatic nitrogens is 1. The van der Waals surface area contributed by atoms with Gasteiger partial charge >= 0.3 is 0 Å². The summed E-state index contributed by atoms with van der Waals surface area (Å²) < 4.78 is 6.11. The van der Waals surface area contributed by atoms with Crippen LogP contribution in [0.1, 0.15) is 15.9 Å². The van der Waals surface area contributed by atoms with E-state index in [0.717, 1.165) is 22.2 Å². The first-order valence-corrected chi connectivity index (χ1v) is 9.76. The van der Waals surface area contributed by atoms with E-state index in [1.807, 2.05) is 85.7 Å². The molecule has 0 saturated carbocycles. The van der Waals surface area contributed by atoms with E-state index in [4.69, 9.17) is 4.74 Å². The minimum Gasteiger partial charge on any atom is -0.457 e. The molecule has 0 radical (unpaired) electrons. The first kappa shape index (κ1) is 19.5. The Hall–Kier alpha value is -3.86. The van der Waals surface area contributed by atoms with Crippen LogP contribution in [0.15, 0.2) is 85.1 Å². The van der Waals surface area contributed by atoms with Gasteiger partial charge in [0, 0.05) is 43.5 Å². The van der Waals surface area contributed by atoms with Crippen molar-refractivity contribution in [2.75, 3.05) is 19.0 Å². The Kier molecular flexibility index (Phi) is 5.61. The summed E-state index contributed by atoms with van der Waals surface area (Å²) in [4.78, 5) is 19.0. The van der Waals surface area contributed by atoms with Crippen molar-refractivity contribution in [1.82, 2.24) is 10.3 Å². The van der Waals surface area contributed by atoms with Crippen molar-refractivity contribution in [2.24, 2.45) is 0 Å². The van der Waals surface area contributed by atoms with Crippen LogP contribution in [-0.2, 0) is 6.54 Å². The smallest absolute Gasteiger partial charge is 0.251 e. The van der Waals surface area contributed by atoms with Gasteiger partial charge in [-0.1, -0.05) is 36.4 Å². The van der Waals surface area contributed by atoms with Crippen LogP contribution in [0.3, 0.4) is 0 Å². The molecule has 4 aromatic rings. The Balaban J connectivity index is 1.52. The van der Waals surface area contributed by atoms with Crippen LogP contribution in [0.4, 0.5) is 5.69 Å². The number of anilines is 1. The maximum absolute atomic E-state index is 12.6. The van der Waals surface area contributed by atoms with Crippen molar-refractivity contribution in [1.29, 1.82) is 0 Å². The molecule has 5 nitrogen and oxygen atoms in total. The SMILES string of the molecule is CN(C)c1ccc2c(Oc3cccc(C(=O)NCc4ccccc4)c3)ccnc2c1. The second kappa shape index (κ2) is 8.66. The highest BCUT2D eigenvalue weighted by molar-refractivity contribution is 5.94. The lowest BCUT2D eigenvalue weighted by molar-refractivity contribution is 0.0950. The fourth-order valence-electron chi connectivity index (χ4n) is 3.19. The van der Waals surface area contributed by atoms with Crippen molar-refractivity contribution < 1.29 is 9.53 Å². The van der Waals surface area contributed by atoms with Crippen LogP contribution in [0.25, 0.3) is 10.9 Å². The maximum atomic E-state index is 12.6. The number of nitrogens with one attached hydrogen (secondary N) is 1. The molecular formula is C25H23N3O2. The van der Waals surface area contributed by atoms with Crippen LogP contribution < -0.4 is 15.0 Å². The first-order chi connectivity index (χ1) is 14.6. The molecule has 0 saturated heterocycles. The predicted molar refractivity (Wildman–Crippen MR) is 120 cm³/mol. The standard InChI is InChI=1S/C25H23N3O2/c1-28(2)20-11-12-22-23(16-20)26-14-13-24(22)30-21-10-6-9-19(15-21)25(29)27-17-18-7-4-3-5-8-18/h3-16H,17H2,1-2H3,(H,27,29). The lowest BCUT2D eigenvalue weighted by atomic mass is 10.1. The summed E-state index contributed by atoms with van der Waals surface area (Å²) in [6, 6.07) is 24.9. The molecule has 0 bridgehead atoms. The summed E-state index contributed by atoms with van der Waals surface area (Å²) >= 11 is 0. The molecule has 3 aromatic carbocycles. The Morgan fingerprint density at radius 2 is 1.80 bits per heavy atom. The highest BCUT2D eigenvalue weighted by Gasteiger charge is 2.10. The Labute approximate surface area is 175 Å². The number of hydrogen-bond acceptors (Lipinski definition) is 4. The van der Waals surface area contributed by atoms with Gasteiger partial charge in [-0.05, 0) is 48.0 Å². The number of benzene rings is 3. The van der Waals surface area contributed by atoms with E-state index in [0.29, 0.717) is 23.6 Å². The van der Waals surface area contributed by atoms with Gasteiger partial charge in [-0.2, -0.15) is 0 Å². The molecule has 150 valence electrons. The quantitative estimate of drug-likeness (QED) is 0.496. The molecule has 0 aliphatic carbocycles. The zero-order valence-corrected chi connectivity index (χ0v) is 17.0. The largest absolute Gasteiger partial charge is 0.457 e. The molecule has 1 aromatic heterocycles. The molecule has 0 unspecified atom stereocenters. The van der Waals surface area contributed by atoms with Gasteiger partial charge in [0.2, 0.25) is 0 Å². The van der Waals surface area contributed by atoms with Gasteiger partial charge in [0.15, 0.2) is 0 Å². The monoisotopic (exact) mass is 397 g/mol. The number of amides is 1. The number of rotatable bonds is 6.